The standard InChI is InChI=1S/C13H9ClN2S2/c14-12-5-9(6-17-12)11-7-18-13(16-11)8-2-1-3-10(15)4-8/h1-7H,15H2. The fourth-order valence-electron chi connectivity index (χ4n) is 1.66. The van der Waals surface area contributed by atoms with Gasteiger partial charge in [0.1, 0.15) is 5.01 Å². The third kappa shape index (κ3) is 2.27. The van der Waals surface area contributed by atoms with Gasteiger partial charge in [-0.1, -0.05) is 23.7 Å². The van der Waals surface area contributed by atoms with E-state index in [-0.39, 0.29) is 0 Å². The van der Waals surface area contributed by atoms with Crippen molar-refractivity contribution >= 4 is 40.0 Å². The first-order valence-electron chi connectivity index (χ1n) is 5.28. The first-order chi connectivity index (χ1) is 8.72. The third-order valence-corrected chi connectivity index (χ3v) is 4.48. The van der Waals surface area contributed by atoms with Crippen molar-refractivity contribution in [2.75, 3.05) is 5.73 Å². The number of nitrogen functional groups attached to an aromatic ring is 1. The fourth-order valence-corrected chi connectivity index (χ4v) is 3.36. The van der Waals surface area contributed by atoms with Gasteiger partial charge in [-0.15, -0.1) is 22.7 Å². The number of aromatic nitrogens is 1. The van der Waals surface area contributed by atoms with E-state index < -0.39 is 0 Å². The summed E-state index contributed by atoms with van der Waals surface area (Å²) in [7, 11) is 0. The molecule has 5 heteroatoms. The van der Waals surface area contributed by atoms with Crippen LogP contribution in [0.1, 0.15) is 0 Å². The molecule has 2 aromatic heterocycles. The van der Waals surface area contributed by atoms with E-state index in [1.807, 2.05) is 41.1 Å². The van der Waals surface area contributed by atoms with E-state index in [2.05, 4.69) is 4.98 Å². The topological polar surface area (TPSA) is 38.9 Å². The van der Waals surface area contributed by atoms with Crippen molar-refractivity contribution in [1.29, 1.82) is 0 Å². The molecule has 18 heavy (non-hydrogen) atoms. The van der Waals surface area contributed by atoms with Gasteiger partial charge < -0.3 is 5.73 Å². The fraction of sp³-hybridized carbons (Fsp3) is 0. The summed E-state index contributed by atoms with van der Waals surface area (Å²) in [5.74, 6) is 0. The quantitative estimate of drug-likeness (QED) is 0.691. The lowest BCUT2D eigenvalue weighted by Gasteiger charge is -1.97. The number of halogens is 1. The van der Waals surface area contributed by atoms with Gasteiger partial charge in [0.05, 0.1) is 10.0 Å². The number of nitrogens with two attached hydrogens (primary N) is 1. The molecule has 0 fully saturated rings. The lowest BCUT2D eigenvalue weighted by molar-refractivity contribution is 1.41. The molecule has 0 radical (unpaired) electrons. The zero-order valence-corrected chi connectivity index (χ0v) is 11.6. The van der Waals surface area contributed by atoms with E-state index in [0.717, 1.165) is 31.9 Å². The number of rotatable bonds is 2. The Morgan fingerprint density at radius 1 is 1.06 bits per heavy atom. The molecule has 2 heterocycles. The number of hydrogen-bond acceptors (Lipinski definition) is 4. The monoisotopic (exact) mass is 292 g/mol. The second kappa shape index (κ2) is 4.72. The minimum absolute atomic E-state index is 0.753. The lowest BCUT2D eigenvalue weighted by Crippen LogP contribution is -1.84. The highest BCUT2D eigenvalue weighted by atomic mass is 35.5. The summed E-state index contributed by atoms with van der Waals surface area (Å²) in [4.78, 5) is 4.62. The molecule has 0 amide bonds. The first-order valence-corrected chi connectivity index (χ1v) is 7.42. The summed E-state index contributed by atoms with van der Waals surface area (Å²) in [6.07, 6.45) is 0. The molecule has 2 nitrogen and oxygen atoms in total. The highest BCUT2D eigenvalue weighted by Crippen LogP contribution is 2.33. The van der Waals surface area contributed by atoms with Crippen molar-refractivity contribution in [3.05, 3.63) is 45.4 Å². The molecule has 0 aliphatic heterocycles. The molecule has 0 unspecified atom stereocenters. The minimum Gasteiger partial charge on any atom is -0.399 e. The van der Waals surface area contributed by atoms with Crippen LogP contribution in [0.3, 0.4) is 0 Å². The van der Waals surface area contributed by atoms with Crippen LogP contribution in [0.4, 0.5) is 5.69 Å². The molecule has 1 aromatic carbocycles. The van der Waals surface area contributed by atoms with Gasteiger partial charge in [0.15, 0.2) is 0 Å². The molecule has 0 spiro atoms. The number of nitrogens with zero attached hydrogens (tertiary/aromatic N) is 1. The van der Waals surface area contributed by atoms with Crippen LogP contribution in [0.25, 0.3) is 21.8 Å². The van der Waals surface area contributed by atoms with Crippen molar-refractivity contribution < 1.29 is 0 Å². The second-order valence-corrected chi connectivity index (χ2v) is 6.20. The summed E-state index contributed by atoms with van der Waals surface area (Å²) in [6, 6.07) is 9.69. The maximum atomic E-state index is 5.93. The van der Waals surface area contributed by atoms with Gasteiger partial charge in [-0.3, -0.25) is 0 Å². The van der Waals surface area contributed by atoms with Gasteiger partial charge in [-0.25, -0.2) is 4.98 Å². The number of hydrogen-bond donors (Lipinski definition) is 1. The Kier molecular flexibility index (Phi) is 3.07. The van der Waals surface area contributed by atoms with E-state index in [0.29, 0.717) is 0 Å². The SMILES string of the molecule is Nc1cccc(-c2nc(-c3csc(Cl)c3)cs2)c1. The van der Waals surface area contributed by atoms with Crippen LogP contribution in [0.15, 0.2) is 41.1 Å². The van der Waals surface area contributed by atoms with Crippen molar-refractivity contribution in [3.63, 3.8) is 0 Å². The summed E-state index contributed by atoms with van der Waals surface area (Å²) in [5, 5.41) is 5.02. The maximum Gasteiger partial charge on any atom is 0.124 e. The van der Waals surface area contributed by atoms with E-state index in [1.54, 1.807) is 11.3 Å². The predicted molar refractivity (Wildman–Crippen MR) is 80.3 cm³/mol. The maximum absolute atomic E-state index is 5.93. The highest BCUT2D eigenvalue weighted by molar-refractivity contribution is 7.15. The zero-order chi connectivity index (χ0) is 12.5. The molecule has 0 saturated carbocycles. The van der Waals surface area contributed by atoms with E-state index in [4.69, 9.17) is 17.3 Å². The Bertz CT molecular complexity index is 688. The highest BCUT2D eigenvalue weighted by Gasteiger charge is 2.08. The number of benzene rings is 1. The van der Waals surface area contributed by atoms with Crippen LogP contribution in [0.5, 0.6) is 0 Å². The molecule has 0 aliphatic rings. The van der Waals surface area contributed by atoms with Crippen molar-refractivity contribution in [2.24, 2.45) is 0 Å². The van der Waals surface area contributed by atoms with Crippen LogP contribution in [-0.4, -0.2) is 4.98 Å². The molecular formula is C13H9ClN2S2. The molecular weight excluding hydrogens is 284 g/mol. The average Bonchev–Trinajstić information content (AvgIpc) is 2.97. The van der Waals surface area contributed by atoms with Crippen LogP contribution >= 0.6 is 34.3 Å². The molecule has 0 saturated heterocycles. The molecule has 0 bridgehead atoms. The Labute approximate surface area is 118 Å². The lowest BCUT2D eigenvalue weighted by atomic mass is 10.2. The largest absolute Gasteiger partial charge is 0.399 e. The van der Waals surface area contributed by atoms with Gasteiger partial charge >= 0.3 is 0 Å². The van der Waals surface area contributed by atoms with Crippen LogP contribution in [-0.2, 0) is 0 Å². The first kappa shape index (κ1) is 11.7. The third-order valence-electron chi connectivity index (χ3n) is 2.50. The summed E-state index contributed by atoms with van der Waals surface area (Å²) < 4.78 is 0.781. The second-order valence-electron chi connectivity index (χ2n) is 3.80. The number of anilines is 1. The van der Waals surface area contributed by atoms with E-state index >= 15 is 0 Å². The predicted octanol–water partition coefficient (Wildman–Crippen LogP) is 4.77. The van der Waals surface area contributed by atoms with Gasteiger partial charge in [-0.2, -0.15) is 0 Å². The van der Waals surface area contributed by atoms with Crippen molar-refractivity contribution in [2.45, 2.75) is 0 Å². The van der Waals surface area contributed by atoms with Gasteiger partial charge in [0.25, 0.3) is 0 Å². The summed E-state index contributed by atoms with van der Waals surface area (Å²) in [5.41, 5.74) is 9.60. The molecule has 2 N–H and O–H groups in total. The molecule has 0 atom stereocenters. The van der Waals surface area contributed by atoms with E-state index in [9.17, 15) is 0 Å². The number of thiazole rings is 1. The van der Waals surface area contributed by atoms with E-state index in [1.165, 1.54) is 11.3 Å². The van der Waals surface area contributed by atoms with Gasteiger partial charge in [-0.05, 0) is 18.2 Å². The van der Waals surface area contributed by atoms with Crippen LogP contribution in [0, 0.1) is 0 Å². The Morgan fingerprint density at radius 2 is 1.94 bits per heavy atom. The Balaban J connectivity index is 1.99. The smallest absolute Gasteiger partial charge is 0.124 e. The Hall–Kier alpha value is -1.36. The molecule has 0 aliphatic carbocycles. The normalized spacial score (nSPS) is 10.7. The van der Waals surface area contributed by atoms with Crippen LogP contribution in [0.2, 0.25) is 4.34 Å². The Morgan fingerprint density at radius 3 is 2.67 bits per heavy atom. The zero-order valence-electron chi connectivity index (χ0n) is 9.26. The van der Waals surface area contributed by atoms with Gasteiger partial charge in [0.2, 0.25) is 0 Å². The molecule has 90 valence electrons. The van der Waals surface area contributed by atoms with Crippen molar-refractivity contribution in [1.82, 2.24) is 4.98 Å². The van der Waals surface area contributed by atoms with Crippen molar-refractivity contribution in [3.8, 4) is 21.8 Å². The minimum atomic E-state index is 0.753. The van der Waals surface area contributed by atoms with Crippen LogP contribution < -0.4 is 5.73 Å². The van der Waals surface area contributed by atoms with Gasteiger partial charge in [0, 0.05) is 27.6 Å². The number of thiophene rings is 1. The molecule has 3 aromatic rings. The molecule has 3 rings (SSSR count). The summed E-state index contributed by atoms with van der Waals surface area (Å²) in [6.45, 7) is 0. The average molecular weight is 293 g/mol. The summed E-state index contributed by atoms with van der Waals surface area (Å²) >= 11 is 9.06.